The first-order valence-corrected chi connectivity index (χ1v) is 3.87. The Balaban J connectivity index is 3.19. The first kappa shape index (κ1) is 9.60. The van der Waals surface area contributed by atoms with Crippen LogP contribution in [0.5, 0.6) is 0 Å². The number of hydrogen-bond donors (Lipinski definition) is 0. The number of halogens is 4. The molecule has 0 aliphatic rings. The van der Waals surface area contributed by atoms with Crippen LogP contribution in [0.2, 0.25) is 5.02 Å². The quantitative estimate of drug-likeness (QED) is 0.572. The van der Waals surface area contributed by atoms with Gasteiger partial charge in [-0.2, -0.15) is 13.2 Å². The van der Waals surface area contributed by atoms with Crippen LogP contribution in [-0.2, 0) is 6.18 Å². The summed E-state index contributed by atoms with van der Waals surface area (Å²) in [6, 6.07) is 3.35. The molecule has 3 radical (unpaired) electrons. The van der Waals surface area contributed by atoms with Gasteiger partial charge in [-0.05, 0) is 18.2 Å². The van der Waals surface area contributed by atoms with E-state index < -0.39 is 11.7 Å². The van der Waals surface area contributed by atoms with Crippen LogP contribution in [-0.4, -0.2) is 10.2 Å². The molecule has 0 aromatic heterocycles. The van der Waals surface area contributed by atoms with E-state index in [9.17, 15) is 13.2 Å². The van der Waals surface area contributed by atoms with E-state index in [2.05, 4.69) is 10.2 Å². The third-order valence-electron chi connectivity index (χ3n) is 1.29. The van der Waals surface area contributed by atoms with Crippen molar-refractivity contribution < 1.29 is 13.2 Å². The lowest BCUT2D eigenvalue weighted by atomic mass is 10.2. The highest BCUT2D eigenvalue weighted by atomic mass is 35.5. The molecule has 0 amide bonds. The van der Waals surface area contributed by atoms with Crippen LogP contribution in [0.3, 0.4) is 0 Å². The van der Waals surface area contributed by atoms with Gasteiger partial charge in [0.1, 0.15) is 0 Å². The Morgan fingerprint density at radius 3 is 2.25 bits per heavy atom. The zero-order valence-electron chi connectivity index (χ0n) is 5.74. The Labute approximate surface area is 75.8 Å². The Morgan fingerprint density at radius 1 is 1.25 bits per heavy atom. The normalized spacial score (nSPS) is 11.8. The molecule has 5 heteroatoms. The molecule has 0 saturated carbocycles. The van der Waals surface area contributed by atoms with Crippen molar-refractivity contribution in [1.82, 2.24) is 0 Å². The zero-order chi connectivity index (χ0) is 9.35. The van der Waals surface area contributed by atoms with Crippen molar-refractivity contribution in [3.63, 3.8) is 0 Å². The number of alkyl halides is 3. The van der Waals surface area contributed by atoms with Gasteiger partial charge >= 0.3 is 6.18 Å². The lowest BCUT2D eigenvalue weighted by Gasteiger charge is -2.09. The van der Waals surface area contributed by atoms with Gasteiger partial charge in [0.25, 0.3) is 0 Å². The van der Waals surface area contributed by atoms with Crippen molar-refractivity contribution >= 4 is 27.0 Å². The summed E-state index contributed by atoms with van der Waals surface area (Å²) in [5, 5.41) is 0.225. The van der Waals surface area contributed by atoms with E-state index in [1.54, 1.807) is 0 Å². The Kier molecular flexibility index (Phi) is 2.48. The van der Waals surface area contributed by atoms with Gasteiger partial charge in [-0.1, -0.05) is 16.8 Å². The van der Waals surface area contributed by atoms with Crippen LogP contribution in [0.1, 0.15) is 5.56 Å². The third kappa shape index (κ3) is 2.01. The van der Waals surface area contributed by atoms with Crippen molar-refractivity contribution in [1.29, 1.82) is 0 Å². The van der Waals surface area contributed by atoms with Gasteiger partial charge in [0, 0.05) is 5.02 Å². The number of benzene rings is 1. The highest BCUT2D eigenvalue weighted by molar-refractivity contribution is 6.36. The molecule has 1 aromatic carbocycles. The molecule has 1 aromatic rings. The van der Waals surface area contributed by atoms with Crippen LogP contribution >= 0.6 is 11.6 Å². The molecule has 0 nitrogen and oxygen atoms in total. The Bertz CT molecular complexity index is 295. The average molecular weight is 208 g/mol. The molecule has 63 valence electrons. The molecule has 1 rings (SSSR count). The van der Waals surface area contributed by atoms with E-state index >= 15 is 0 Å². The second kappa shape index (κ2) is 3.10. The maximum absolute atomic E-state index is 12.1. The summed E-state index contributed by atoms with van der Waals surface area (Å²) in [4.78, 5) is 0. The molecule has 0 saturated heterocycles. The maximum atomic E-state index is 12.1. The van der Waals surface area contributed by atoms with Crippen LogP contribution in [0.4, 0.5) is 13.2 Å². The summed E-state index contributed by atoms with van der Waals surface area (Å²) in [6.07, 6.45) is -4.33. The molecule has 0 atom stereocenters. The summed E-state index contributed by atoms with van der Waals surface area (Å²) < 4.78 is 36.3. The predicted molar refractivity (Wildman–Crippen MR) is 41.8 cm³/mol. The number of hydrogen-bond acceptors (Lipinski definition) is 0. The molecular formula is C7H3ClF3Si. The average Bonchev–Trinajstić information content (AvgIpc) is 1.83. The summed E-state index contributed by atoms with van der Waals surface area (Å²) in [5.41, 5.74) is -0.719. The fourth-order valence-electron chi connectivity index (χ4n) is 0.764. The van der Waals surface area contributed by atoms with E-state index in [1.807, 2.05) is 0 Å². The van der Waals surface area contributed by atoms with Crippen LogP contribution in [0.15, 0.2) is 18.2 Å². The molecule has 0 unspecified atom stereocenters. The van der Waals surface area contributed by atoms with Gasteiger partial charge in [0.05, 0.1) is 15.8 Å². The highest BCUT2D eigenvalue weighted by Crippen LogP contribution is 2.28. The standard InChI is InChI=1S/C7H3ClF3Si/c8-4-1-2-5(6(12)3-4)7(9,10)11/h1-3H. The van der Waals surface area contributed by atoms with Gasteiger partial charge in [-0.3, -0.25) is 0 Å². The SMILES string of the molecule is FC(F)(F)c1ccc(Cl)cc1[Si]. The molecule has 0 bridgehead atoms. The van der Waals surface area contributed by atoms with Crippen molar-refractivity contribution in [2.75, 3.05) is 0 Å². The van der Waals surface area contributed by atoms with Crippen LogP contribution < -0.4 is 5.19 Å². The maximum Gasteiger partial charge on any atom is 0.416 e. The van der Waals surface area contributed by atoms with E-state index in [1.165, 1.54) is 12.1 Å². The summed E-state index contributed by atoms with van der Waals surface area (Å²) >= 11 is 5.47. The molecule has 0 aliphatic carbocycles. The summed E-state index contributed by atoms with van der Waals surface area (Å²) in [7, 11) is 2.83. The summed E-state index contributed by atoms with van der Waals surface area (Å²) in [5.74, 6) is 0. The second-order valence-electron chi connectivity index (χ2n) is 2.19. The molecule has 0 spiro atoms. The van der Waals surface area contributed by atoms with Crippen molar-refractivity contribution in [3.8, 4) is 0 Å². The van der Waals surface area contributed by atoms with Crippen LogP contribution in [0, 0.1) is 0 Å². The first-order valence-electron chi connectivity index (χ1n) is 2.99. The predicted octanol–water partition coefficient (Wildman–Crippen LogP) is 2.15. The highest BCUT2D eigenvalue weighted by Gasteiger charge is 2.31. The minimum Gasteiger partial charge on any atom is -0.166 e. The van der Waals surface area contributed by atoms with Gasteiger partial charge in [-0.25, -0.2) is 0 Å². The number of rotatable bonds is 0. The van der Waals surface area contributed by atoms with Crippen molar-refractivity contribution in [2.45, 2.75) is 6.18 Å². The minimum atomic E-state index is -4.33. The van der Waals surface area contributed by atoms with E-state index in [-0.39, 0.29) is 10.2 Å². The topological polar surface area (TPSA) is 0 Å². The van der Waals surface area contributed by atoms with Gasteiger partial charge in [0.2, 0.25) is 0 Å². The Hall–Kier alpha value is -0.483. The van der Waals surface area contributed by atoms with E-state index in [0.717, 1.165) is 6.07 Å². The van der Waals surface area contributed by atoms with Gasteiger partial charge in [-0.15, -0.1) is 0 Å². The van der Waals surface area contributed by atoms with Gasteiger partial charge in [0.15, 0.2) is 0 Å². The van der Waals surface area contributed by atoms with Crippen molar-refractivity contribution in [2.24, 2.45) is 0 Å². The van der Waals surface area contributed by atoms with E-state index in [0.29, 0.717) is 0 Å². The lowest BCUT2D eigenvalue weighted by Crippen LogP contribution is -2.19. The van der Waals surface area contributed by atoms with Gasteiger partial charge < -0.3 is 0 Å². The molecule has 12 heavy (non-hydrogen) atoms. The molecule has 0 heterocycles. The monoisotopic (exact) mass is 207 g/mol. The fourth-order valence-corrected chi connectivity index (χ4v) is 1.41. The first-order chi connectivity index (χ1) is 5.41. The summed E-state index contributed by atoms with van der Waals surface area (Å²) in [6.45, 7) is 0. The minimum absolute atomic E-state index is 0.0463. The zero-order valence-corrected chi connectivity index (χ0v) is 7.50. The van der Waals surface area contributed by atoms with Crippen molar-refractivity contribution in [3.05, 3.63) is 28.8 Å². The lowest BCUT2D eigenvalue weighted by molar-refractivity contribution is -0.136. The molecule has 0 aliphatic heterocycles. The molecule has 0 N–H and O–H groups in total. The Morgan fingerprint density at radius 2 is 1.83 bits per heavy atom. The fraction of sp³-hybridized carbons (Fsp3) is 0.143. The second-order valence-corrected chi connectivity index (χ2v) is 3.16. The largest absolute Gasteiger partial charge is 0.416 e. The van der Waals surface area contributed by atoms with Crippen LogP contribution in [0.25, 0.3) is 0 Å². The smallest absolute Gasteiger partial charge is 0.166 e. The molecule has 0 fully saturated rings. The third-order valence-corrected chi connectivity index (χ3v) is 1.94. The molecular weight excluding hydrogens is 205 g/mol. The van der Waals surface area contributed by atoms with E-state index in [4.69, 9.17) is 11.6 Å².